The zero-order valence-electron chi connectivity index (χ0n) is 18.0. The number of aromatic nitrogens is 3. The lowest BCUT2D eigenvalue weighted by molar-refractivity contribution is 0.428. The molecule has 33 heavy (non-hydrogen) atoms. The number of hydrogen-bond donors (Lipinski definition) is 1. The maximum absolute atomic E-state index is 13.5. The zero-order chi connectivity index (χ0) is 23.3. The molecule has 168 valence electrons. The van der Waals surface area contributed by atoms with Gasteiger partial charge in [-0.1, -0.05) is 29.3 Å². The van der Waals surface area contributed by atoms with Gasteiger partial charge in [0.1, 0.15) is 5.69 Å². The number of nitrogens with zero attached hydrogens (tertiary/aromatic N) is 4. The SMILES string of the molecule is Cc1ccc(S(=O)(=O)N2CCc3c(nn(-c4cc(C)cc(Cl)c4)c3O)-c3cccnc32)cc1. The van der Waals surface area contributed by atoms with Crippen molar-refractivity contribution in [1.82, 2.24) is 14.8 Å². The summed E-state index contributed by atoms with van der Waals surface area (Å²) in [5.41, 5.74) is 4.12. The van der Waals surface area contributed by atoms with Gasteiger partial charge in [0.25, 0.3) is 10.0 Å². The Labute approximate surface area is 197 Å². The number of rotatable bonds is 3. The molecular formula is C24H21ClN4O3S. The molecule has 3 heterocycles. The minimum atomic E-state index is -3.86. The number of fused-ring (bicyclic) bond motifs is 3. The predicted octanol–water partition coefficient (Wildman–Crippen LogP) is 4.66. The van der Waals surface area contributed by atoms with Gasteiger partial charge in [-0.05, 0) is 68.3 Å². The van der Waals surface area contributed by atoms with Crippen LogP contribution in [-0.4, -0.2) is 34.8 Å². The van der Waals surface area contributed by atoms with Crippen LogP contribution in [0, 0.1) is 13.8 Å². The number of halogens is 1. The molecule has 0 fully saturated rings. The molecule has 0 amide bonds. The van der Waals surface area contributed by atoms with Crippen LogP contribution in [-0.2, 0) is 16.4 Å². The van der Waals surface area contributed by atoms with Crippen LogP contribution >= 0.6 is 11.6 Å². The number of anilines is 1. The van der Waals surface area contributed by atoms with Crippen molar-refractivity contribution in [2.24, 2.45) is 0 Å². The lowest BCUT2D eigenvalue weighted by atomic mass is 10.1. The Hall–Kier alpha value is -3.36. The molecule has 0 saturated carbocycles. The number of benzene rings is 2. The van der Waals surface area contributed by atoms with Gasteiger partial charge in [-0.3, -0.25) is 0 Å². The second kappa shape index (κ2) is 7.90. The molecule has 1 aliphatic rings. The highest BCUT2D eigenvalue weighted by Gasteiger charge is 2.34. The lowest BCUT2D eigenvalue weighted by Crippen LogP contribution is -2.33. The van der Waals surface area contributed by atoms with Gasteiger partial charge >= 0.3 is 0 Å². The second-order valence-electron chi connectivity index (χ2n) is 8.06. The number of pyridine rings is 1. The van der Waals surface area contributed by atoms with Crippen molar-refractivity contribution in [3.8, 4) is 22.8 Å². The summed E-state index contributed by atoms with van der Waals surface area (Å²) in [5.74, 6) is 0.236. The Bertz CT molecular complexity index is 1460. The topological polar surface area (TPSA) is 88.3 Å². The highest BCUT2D eigenvalue weighted by Crippen LogP contribution is 2.40. The van der Waals surface area contributed by atoms with Crippen LogP contribution in [0.25, 0.3) is 16.9 Å². The third-order valence-electron chi connectivity index (χ3n) is 5.68. The van der Waals surface area contributed by atoms with Crippen LogP contribution in [0.2, 0.25) is 5.02 Å². The molecule has 0 bridgehead atoms. The van der Waals surface area contributed by atoms with Gasteiger partial charge in [0.05, 0.1) is 10.6 Å². The summed E-state index contributed by atoms with van der Waals surface area (Å²) in [6, 6.07) is 15.6. The van der Waals surface area contributed by atoms with E-state index in [9.17, 15) is 13.5 Å². The second-order valence-corrected chi connectivity index (χ2v) is 10.4. The molecule has 0 saturated heterocycles. The van der Waals surface area contributed by atoms with Crippen LogP contribution in [0.15, 0.2) is 65.7 Å². The van der Waals surface area contributed by atoms with E-state index in [4.69, 9.17) is 11.6 Å². The van der Waals surface area contributed by atoms with E-state index >= 15 is 0 Å². The van der Waals surface area contributed by atoms with Crippen LogP contribution in [0.1, 0.15) is 16.7 Å². The first-order chi connectivity index (χ1) is 15.8. The van der Waals surface area contributed by atoms with Gasteiger partial charge in [0.2, 0.25) is 5.88 Å². The van der Waals surface area contributed by atoms with E-state index in [-0.39, 0.29) is 29.6 Å². The third kappa shape index (κ3) is 3.65. The van der Waals surface area contributed by atoms with Crippen molar-refractivity contribution in [3.63, 3.8) is 0 Å². The quantitative estimate of drug-likeness (QED) is 0.460. The molecule has 0 unspecified atom stereocenters. The van der Waals surface area contributed by atoms with Crippen molar-refractivity contribution in [2.75, 3.05) is 10.8 Å². The Kier molecular flexibility index (Phi) is 5.14. The number of sulfonamides is 1. The van der Waals surface area contributed by atoms with Gasteiger partial charge in [-0.25, -0.2) is 22.4 Å². The highest BCUT2D eigenvalue weighted by atomic mass is 35.5. The molecule has 0 aliphatic carbocycles. The van der Waals surface area contributed by atoms with Gasteiger partial charge in [-0.15, -0.1) is 0 Å². The number of aryl methyl sites for hydroxylation is 2. The Morgan fingerprint density at radius 1 is 1.03 bits per heavy atom. The molecule has 7 nitrogen and oxygen atoms in total. The summed E-state index contributed by atoms with van der Waals surface area (Å²) in [4.78, 5) is 4.59. The Balaban J connectivity index is 1.66. The molecule has 2 aromatic carbocycles. The first-order valence-electron chi connectivity index (χ1n) is 10.4. The standard InChI is InChI=1S/C24H21ClN4O3S/c1-15-5-7-19(8-6-15)33(31,32)28-11-9-21-22(20-4-3-10-26-23(20)28)27-29(24(21)30)18-13-16(2)12-17(25)14-18/h3-8,10,12-14,30H,9,11H2,1-2H3. The molecule has 0 spiro atoms. The van der Waals surface area contributed by atoms with Gasteiger partial charge in [-0.2, -0.15) is 5.10 Å². The Morgan fingerprint density at radius 2 is 1.79 bits per heavy atom. The zero-order valence-corrected chi connectivity index (χ0v) is 19.6. The van der Waals surface area contributed by atoms with E-state index in [0.717, 1.165) is 11.1 Å². The smallest absolute Gasteiger partial charge is 0.265 e. The van der Waals surface area contributed by atoms with Crippen molar-refractivity contribution in [1.29, 1.82) is 0 Å². The maximum atomic E-state index is 13.5. The largest absolute Gasteiger partial charge is 0.493 e. The van der Waals surface area contributed by atoms with Crippen LogP contribution in [0.4, 0.5) is 5.82 Å². The van der Waals surface area contributed by atoms with Gasteiger partial charge in [0, 0.05) is 28.9 Å². The molecule has 0 radical (unpaired) electrons. The van der Waals surface area contributed by atoms with E-state index in [1.807, 2.05) is 26.0 Å². The molecule has 4 aromatic rings. The summed E-state index contributed by atoms with van der Waals surface area (Å²) in [7, 11) is -3.86. The minimum Gasteiger partial charge on any atom is -0.493 e. The van der Waals surface area contributed by atoms with Crippen LogP contribution in [0.5, 0.6) is 5.88 Å². The molecule has 0 atom stereocenters. The monoisotopic (exact) mass is 480 g/mol. The average Bonchev–Trinajstić information content (AvgIpc) is 3.00. The first-order valence-corrected chi connectivity index (χ1v) is 12.2. The third-order valence-corrected chi connectivity index (χ3v) is 7.70. The van der Waals surface area contributed by atoms with E-state index in [0.29, 0.717) is 27.5 Å². The van der Waals surface area contributed by atoms with Crippen molar-refractivity contribution < 1.29 is 13.5 Å². The van der Waals surface area contributed by atoms with Crippen molar-refractivity contribution in [2.45, 2.75) is 25.2 Å². The summed E-state index contributed by atoms with van der Waals surface area (Å²) < 4.78 is 29.8. The van der Waals surface area contributed by atoms with E-state index in [1.165, 1.54) is 8.99 Å². The summed E-state index contributed by atoms with van der Waals surface area (Å²) >= 11 is 6.22. The Morgan fingerprint density at radius 3 is 2.52 bits per heavy atom. The molecule has 1 aliphatic heterocycles. The molecule has 2 aromatic heterocycles. The van der Waals surface area contributed by atoms with Gasteiger partial charge < -0.3 is 5.11 Å². The van der Waals surface area contributed by atoms with Crippen molar-refractivity contribution in [3.05, 3.63) is 82.5 Å². The number of hydrogen-bond acceptors (Lipinski definition) is 5. The number of aromatic hydroxyl groups is 1. The van der Waals surface area contributed by atoms with Crippen molar-refractivity contribution >= 4 is 27.4 Å². The van der Waals surface area contributed by atoms with Crippen LogP contribution in [0.3, 0.4) is 0 Å². The first kappa shape index (κ1) is 21.5. The normalized spacial score (nSPS) is 13.4. The van der Waals surface area contributed by atoms with Crippen LogP contribution < -0.4 is 4.31 Å². The molecule has 5 rings (SSSR count). The molecule has 1 N–H and O–H groups in total. The fourth-order valence-corrected chi connectivity index (χ4v) is 5.80. The minimum absolute atomic E-state index is 0.0453. The van der Waals surface area contributed by atoms with E-state index in [1.54, 1.807) is 48.7 Å². The predicted molar refractivity (Wildman–Crippen MR) is 128 cm³/mol. The van der Waals surface area contributed by atoms with E-state index in [2.05, 4.69) is 10.1 Å². The van der Waals surface area contributed by atoms with Gasteiger partial charge in [0.15, 0.2) is 5.82 Å². The highest BCUT2D eigenvalue weighted by molar-refractivity contribution is 7.92. The lowest BCUT2D eigenvalue weighted by Gasteiger charge is -2.23. The summed E-state index contributed by atoms with van der Waals surface area (Å²) in [6.45, 7) is 3.93. The fourth-order valence-electron chi connectivity index (χ4n) is 4.08. The maximum Gasteiger partial charge on any atom is 0.265 e. The summed E-state index contributed by atoms with van der Waals surface area (Å²) in [6.07, 6.45) is 1.82. The molecular weight excluding hydrogens is 460 g/mol. The molecule has 9 heteroatoms. The average molecular weight is 481 g/mol. The summed E-state index contributed by atoms with van der Waals surface area (Å²) in [5, 5.41) is 16.3. The fraction of sp³-hybridized carbons (Fsp3) is 0.167. The van der Waals surface area contributed by atoms with E-state index < -0.39 is 10.0 Å².